The maximum Gasteiger partial charge on any atom is 0.133 e. The van der Waals surface area contributed by atoms with Crippen LogP contribution in [0, 0.1) is 0 Å². The molecule has 0 amide bonds. The van der Waals surface area contributed by atoms with Crippen LogP contribution in [0.3, 0.4) is 0 Å². The molecule has 4 heteroatoms. The van der Waals surface area contributed by atoms with Gasteiger partial charge in [-0.3, -0.25) is 0 Å². The number of nitrogens with two attached hydrogens (primary N) is 2. The third-order valence-electron chi connectivity index (χ3n) is 2.08. The summed E-state index contributed by atoms with van der Waals surface area (Å²) < 4.78 is 0. The Morgan fingerprint density at radius 2 is 2.23 bits per heavy atom. The van der Waals surface area contributed by atoms with Crippen LogP contribution in [0.1, 0.15) is 24.9 Å². The Balaban J connectivity index is 2.88. The first-order valence-electron chi connectivity index (χ1n) is 4.28. The van der Waals surface area contributed by atoms with Crippen LogP contribution in [0.15, 0.2) is 18.3 Å². The summed E-state index contributed by atoms with van der Waals surface area (Å²) in [6, 6.07) is 3.37. The topological polar surface area (TPSA) is 64.9 Å². The van der Waals surface area contributed by atoms with Gasteiger partial charge in [-0.1, -0.05) is 24.6 Å². The van der Waals surface area contributed by atoms with Crippen molar-refractivity contribution in [2.75, 3.05) is 0 Å². The Morgan fingerprint density at radius 1 is 1.54 bits per heavy atom. The van der Waals surface area contributed by atoms with Crippen LogP contribution in [-0.2, 0) is 0 Å². The molecule has 0 fully saturated rings. The molecule has 1 rings (SSSR count). The summed E-state index contributed by atoms with van der Waals surface area (Å²) in [6.07, 6.45) is 2.46. The zero-order valence-electron chi connectivity index (χ0n) is 7.57. The van der Waals surface area contributed by atoms with Crippen LogP contribution in [0.5, 0.6) is 0 Å². The lowest BCUT2D eigenvalue weighted by molar-refractivity contribution is 0.531. The van der Waals surface area contributed by atoms with Crippen molar-refractivity contribution in [3.63, 3.8) is 0 Å². The van der Waals surface area contributed by atoms with E-state index in [2.05, 4.69) is 4.98 Å². The van der Waals surface area contributed by atoms with Gasteiger partial charge < -0.3 is 11.5 Å². The molecule has 4 N–H and O–H groups in total. The molecule has 72 valence electrons. The number of aromatic nitrogens is 1. The predicted molar refractivity (Wildman–Crippen MR) is 54.4 cm³/mol. The van der Waals surface area contributed by atoms with Crippen molar-refractivity contribution < 1.29 is 0 Å². The van der Waals surface area contributed by atoms with Gasteiger partial charge in [0, 0.05) is 23.8 Å². The number of rotatable bonds is 3. The first kappa shape index (κ1) is 10.4. The highest BCUT2D eigenvalue weighted by atomic mass is 35.5. The van der Waals surface area contributed by atoms with E-state index in [1.807, 2.05) is 19.1 Å². The molecule has 0 aliphatic heterocycles. The van der Waals surface area contributed by atoms with Crippen LogP contribution < -0.4 is 11.5 Å². The molecule has 0 saturated carbocycles. The SMILES string of the molecule is CC[C@H](N)[C@@H](N)c1cccnc1Cl. The summed E-state index contributed by atoms with van der Waals surface area (Å²) in [4.78, 5) is 3.95. The van der Waals surface area contributed by atoms with E-state index < -0.39 is 0 Å². The number of nitrogens with zero attached hydrogens (tertiary/aromatic N) is 1. The molecule has 1 aromatic heterocycles. The fraction of sp³-hybridized carbons (Fsp3) is 0.444. The molecular formula is C9H14ClN3. The second kappa shape index (κ2) is 4.56. The van der Waals surface area contributed by atoms with Crippen molar-refractivity contribution in [3.8, 4) is 0 Å². The molecule has 13 heavy (non-hydrogen) atoms. The van der Waals surface area contributed by atoms with Crippen LogP contribution in [0.2, 0.25) is 5.15 Å². The molecule has 0 aliphatic rings. The van der Waals surface area contributed by atoms with Crippen molar-refractivity contribution in [1.82, 2.24) is 4.98 Å². The fourth-order valence-corrected chi connectivity index (χ4v) is 1.38. The van der Waals surface area contributed by atoms with Gasteiger partial charge in [-0.15, -0.1) is 0 Å². The van der Waals surface area contributed by atoms with Crippen molar-refractivity contribution >= 4 is 11.6 Å². The molecule has 0 aromatic carbocycles. The zero-order valence-corrected chi connectivity index (χ0v) is 8.33. The van der Waals surface area contributed by atoms with Crippen molar-refractivity contribution in [3.05, 3.63) is 29.0 Å². The Kier molecular flexibility index (Phi) is 3.66. The summed E-state index contributed by atoms with van der Waals surface area (Å²) in [7, 11) is 0. The highest BCUT2D eigenvalue weighted by molar-refractivity contribution is 6.30. The highest BCUT2D eigenvalue weighted by Crippen LogP contribution is 2.21. The van der Waals surface area contributed by atoms with Gasteiger partial charge in [-0.2, -0.15) is 0 Å². The number of halogens is 1. The largest absolute Gasteiger partial charge is 0.326 e. The highest BCUT2D eigenvalue weighted by Gasteiger charge is 2.16. The van der Waals surface area contributed by atoms with E-state index >= 15 is 0 Å². The second-order valence-corrected chi connectivity index (χ2v) is 3.34. The summed E-state index contributed by atoms with van der Waals surface area (Å²) >= 11 is 5.87. The molecule has 2 atom stereocenters. The lowest BCUT2D eigenvalue weighted by Gasteiger charge is -2.18. The van der Waals surface area contributed by atoms with Crippen LogP contribution >= 0.6 is 11.6 Å². The smallest absolute Gasteiger partial charge is 0.133 e. The summed E-state index contributed by atoms with van der Waals surface area (Å²) in [5, 5.41) is 0.443. The third-order valence-corrected chi connectivity index (χ3v) is 2.40. The lowest BCUT2D eigenvalue weighted by atomic mass is 10.0. The average molecular weight is 200 g/mol. The van der Waals surface area contributed by atoms with Crippen molar-refractivity contribution in [2.45, 2.75) is 25.4 Å². The Morgan fingerprint density at radius 3 is 2.77 bits per heavy atom. The molecule has 0 unspecified atom stereocenters. The molecule has 0 bridgehead atoms. The van der Waals surface area contributed by atoms with Crippen molar-refractivity contribution in [1.29, 1.82) is 0 Å². The normalized spacial score (nSPS) is 15.4. The van der Waals surface area contributed by atoms with Gasteiger partial charge >= 0.3 is 0 Å². The molecule has 0 aliphatic carbocycles. The first-order chi connectivity index (χ1) is 6.16. The van der Waals surface area contributed by atoms with E-state index in [9.17, 15) is 0 Å². The second-order valence-electron chi connectivity index (χ2n) is 2.98. The first-order valence-corrected chi connectivity index (χ1v) is 4.66. The molecule has 0 saturated heterocycles. The van der Waals surface area contributed by atoms with Gasteiger partial charge in [0.25, 0.3) is 0 Å². The van der Waals surface area contributed by atoms with Gasteiger partial charge in [0.05, 0.1) is 0 Å². The van der Waals surface area contributed by atoms with Crippen molar-refractivity contribution in [2.24, 2.45) is 11.5 Å². The van der Waals surface area contributed by atoms with E-state index in [-0.39, 0.29) is 12.1 Å². The maximum absolute atomic E-state index is 5.90. The molecule has 0 radical (unpaired) electrons. The monoisotopic (exact) mass is 199 g/mol. The van der Waals surface area contributed by atoms with E-state index in [1.54, 1.807) is 6.20 Å². The minimum atomic E-state index is -0.230. The number of pyridine rings is 1. The summed E-state index contributed by atoms with van der Waals surface area (Å²) in [5.74, 6) is 0. The van der Waals surface area contributed by atoms with Crippen LogP contribution in [0.25, 0.3) is 0 Å². The van der Waals surface area contributed by atoms with Gasteiger partial charge in [0.2, 0.25) is 0 Å². The fourth-order valence-electron chi connectivity index (χ4n) is 1.13. The van der Waals surface area contributed by atoms with Gasteiger partial charge in [-0.05, 0) is 12.5 Å². The lowest BCUT2D eigenvalue weighted by Crippen LogP contribution is -2.33. The Bertz CT molecular complexity index is 277. The number of hydrogen-bond acceptors (Lipinski definition) is 3. The van der Waals surface area contributed by atoms with E-state index in [0.29, 0.717) is 5.15 Å². The number of hydrogen-bond donors (Lipinski definition) is 2. The minimum absolute atomic E-state index is 0.0679. The predicted octanol–water partition coefficient (Wildman–Crippen LogP) is 1.47. The molecule has 0 spiro atoms. The molecule has 3 nitrogen and oxygen atoms in total. The summed E-state index contributed by atoms with van der Waals surface area (Å²) in [5.41, 5.74) is 12.5. The average Bonchev–Trinajstić information content (AvgIpc) is 2.16. The van der Waals surface area contributed by atoms with Gasteiger partial charge in [-0.25, -0.2) is 4.98 Å². The standard InChI is InChI=1S/C9H14ClN3/c1-2-7(11)8(12)6-4-3-5-13-9(6)10/h3-5,7-8H,2,11-12H2,1H3/t7-,8-/m0/s1. The summed E-state index contributed by atoms with van der Waals surface area (Å²) in [6.45, 7) is 1.99. The van der Waals surface area contributed by atoms with Crippen LogP contribution in [-0.4, -0.2) is 11.0 Å². The van der Waals surface area contributed by atoms with E-state index in [4.69, 9.17) is 23.1 Å². The Hall–Kier alpha value is -0.640. The minimum Gasteiger partial charge on any atom is -0.326 e. The van der Waals surface area contributed by atoms with E-state index in [0.717, 1.165) is 12.0 Å². The maximum atomic E-state index is 5.90. The molecule has 1 aromatic rings. The van der Waals surface area contributed by atoms with Crippen LogP contribution in [0.4, 0.5) is 0 Å². The Labute approximate surface area is 83.1 Å². The van der Waals surface area contributed by atoms with Gasteiger partial charge in [0.15, 0.2) is 0 Å². The van der Waals surface area contributed by atoms with Gasteiger partial charge in [0.1, 0.15) is 5.15 Å². The third kappa shape index (κ3) is 2.40. The molecular weight excluding hydrogens is 186 g/mol. The quantitative estimate of drug-likeness (QED) is 0.725. The molecule has 1 heterocycles. The zero-order chi connectivity index (χ0) is 9.84. The van der Waals surface area contributed by atoms with E-state index in [1.165, 1.54) is 0 Å².